The lowest BCUT2D eigenvalue weighted by Gasteiger charge is -2.31. The Hall–Kier alpha value is -1.31. The van der Waals surface area contributed by atoms with E-state index in [9.17, 15) is 4.79 Å². The molecule has 1 saturated heterocycles. The molecule has 1 aliphatic heterocycles. The zero-order valence-corrected chi connectivity index (χ0v) is 11.3. The molecule has 2 heteroatoms. The molecular weight excluding hydrogens is 222 g/mol. The molecule has 0 spiro atoms. The van der Waals surface area contributed by atoms with Gasteiger partial charge in [-0.2, -0.15) is 0 Å². The highest BCUT2D eigenvalue weighted by atomic mass is 16.2. The van der Waals surface area contributed by atoms with Gasteiger partial charge in [-0.15, -0.1) is 0 Å². The summed E-state index contributed by atoms with van der Waals surface area (Å²) in [6.07, 6.45) is 5.65. The number of piperidine rings is 1. The number of carbonyl (C=O) groups is 1. The third-order valence-electron chi connectivity index (χ3n) is 3.81. The van der Waals surface area contributed by atoms with E-state index in [0.29, 0.717) is 11.8 Å². The van der Waals surface area contributed by atoms with Gasteiger partial charge in [0.05, 0.1) is 0 Å². The Morgan fingerprint density at radius 2 is 2.06 bits per heavy atom. The Morgan fingerprint density at radius 1 is 1.28 bits per heavy atom. The van der Waals surface area contributed by atoms with Crippen LogP contribution in [0.4, 0.5) is 0 Å². The predicted octanol–water partition coefficient (Wildman–Crippen LogP) is 3.62. The summed E-state index contributed by atoms with van der Waals surface area (Å²) in [4.78, 5) is 14.1. The minimum atomic E-state index is 0.339. The number of carbonyl (C=O) groups excluding carboxylic acids is 1. The molecule has 0 bridgehead atoms. The lowest BCUT2D eigenvalue weighted by molar-refractivity contribution is -0.135. The van der Waals surface area contributed by atoms with Crippen molar-refractivity contribution in [2.24, 2.45) is 5.92 Å². The van der Waals surface area contributed by atoms with Crippen LogP contribution in [-0.2, 0) is 11.3 Å². The van der Waals surface area contributed by atoms with Crippen LogP contribution in [0.25, 0.3) is 0 Å². The van der Waals surface area contributed by atoms with Crippen molar-refractivity contribution in [1.29, 1.82) is 0 Å². The van der Waals surface area contributed by atoms with Gasteiger partial charge in [-0.1, -0.05) is 50.1 Å². The quantitative estimate of drug-likeness (QED) is 0.776. The van der Waals surface area contributed by atoms with Crippen molar-refractivity contribution in [3.05, 3.63) is 35.9 Å². The van der Waals surface area contributed by atoms with Gasteiger partial charge in [0.25, 0.3) is 0 Å². The number of likely N-dealkylation sites (tertiary alicyclic amines) is 1. The highest BCUT2D eigenvalue weighted by molar-refractivity contribution is 5.77. The zero-order valence-electron chi connectivity index (χ0n) is 11.3. The van der Waals surface area contributed by atoms with Gasteiger partial charge in [0, 0.05) is 19.5 Å². The number of hydrogen-bond acceptors (Lipinski definition) is 1. The first kappa shape index (κ1) is 13.1. The second-order valence-electron chi connectivity index (χ2n) is 5.30. The Bertz CT molecular complexity index is 374. The highest BCUT2D eigenvalue weighted by Crippen LogP contribution is 2.24. The summed E-state index contributed by atoms with van der Waals surface area (Å²) < 4.78 is 0. The highest BCUT2D eigenvalue weighted by Gasteiger charge is 2.25. The van der Waals surface area contributed by atoms with Crippen LogP contribution in [0.2, 0.25) is 0 Å². The molecule has 1 aliphatic rings. The molecule has 1 heterocycles. The van der Waals surface area contributed by atoms with Gasteiger partial charge in [0.15, 0.2) is 0 Å². The Balaban J connectivity index is 1.84. The Kier molecular flexibility index (Phi) is 4.80. The maximum atomic E-state index is 12.1. The topological polar surface area (TPSA) is 20.3 Å². The molecule has 1 amide bonds. The Labute approximate surface area is 110 Å². The van der Waals surface area contributed by atoms with Gasteiger partial charge in [-0.05, 0) is 24.3 Å². The molecule has 0 aliphatic carbocycles. The number of benzene rings is 1. The lowest BCUT2D eigenvalue weighted by Crippen LogP contribution is -2.38. The normalized spacial score (nSPS) is 20.2. The van der Waals surface area contributed by atoms with Crippen LogP contribution in [0.5, 0.6) is 0 Å². The SMILES string of the molecule is CCCCC1CCN(Cc2ccccc2)C(=O)C1. The summed E-state index contributed by atoms with van der Waals surface area (Å²) in [6, 6.07) is 10.3. The maximum Gasteiger partial charge on any atom is 0.223 e. The van der Waals surface area contributed by atoms with Crippen molar-refractivity contribution >= 4 is 5.91 Å². The van der Waals surface area contributed by atoms with Crippen LogP contribution in [0.1, 0.15) is 44.6 Å². The number of nitrogens with zero attached hydrogens (tertiary/aromatic N) is 1. The third kappa shape index (κ3) is 3.59. The van der Waals surface area contributed by atoms with Crippen LogP contribution >= 0.6 is 0 Å². The van der Waals surface area contributed by atoms with Gasteiger partial charge in [-0.25, -0.2) is 0 Å². The van der Waals surface area contributed by atoms with Crippen molar-refractivity contribution in [3.63, 3.8) is 0 Å². The molecule has 0 saturated carbocycles. The maximum absolute atomic E-state index is 12.1. The minimum absolute atomic E-state index is 0.339. The monoisotopic (exact) mass is 245 g/mol. The smallest absolute Gasteiger partial charge is 0.223 e. The summed E-state index contributed by atoms with van der Waals surface area (Å²) in [5.74, 6) is 0.968. The van der Waals surface area contributed by atoms with Gasteiger partial charge in [0.2, 0.25) is 5.91 Å². The molecular formula is C16H23NO. The fraction of sp³-hybridized carbons (Fsp3) is 0.562. The van der Waals surface area contributed by atoms with E-state index < -0.39 is 0 Å². The summed E-state index contributed by atoms with van der Waals surface area (Å²) >= 11 is 0. The largest absolute Gasteiger partial charge is 0.338 e. The second-order valence-corrected chi connectivity index (χ2v) is 5.30. The average Bonchev–Trinajstić information content (AvgIpc) is 2.40. The number of amides is 1. The van der Waals surface area contributed by atoms with E-state index in [1.807, 2.05) is 23.1 Å². The third-order valence-corrected chi connectivity index (χ3v) is 3.81. The number of rotatable bonds is 5. The first-order chi connectivity index (χ1) is 8.79. The number of unbranched alkanes of at least 4 members (excludes halogenated alkanes) is 1. The molecule has 2 nitrogen and oxygen atoms in total. The van der Waals surface area contributed by atoms with Gasteiger partial charge < -0.3 is 4.90 Å². The molecule has 1 unspecified atom stereocenters. The van der Waals surface area contributed by atoms with Crippen LogP contribution in [0.15, 0.2) is 30.3 Å². The minimum Gasteiger partial charge on any atom is -0.338 e. The van der Waals surface area contributed by atoms with Crippen molar-refractivity contribution in [2.75, 3.05) is 6.54 Å². The van der Waals surface area contributed by atoms with Crippen molar-refractivity contribution in [1.82, 2.24) is 4.90 Å². The summed E-state index contributed by atoms with van der Waals surface area (Å²) in [5, 5.41) is 0. The molecule has 0 radical (unpaired) electrons. The first-order valence-electron chi connectivity index (χ1n) is 7.11. The van der Waals surface area contributed by atoms with E-state index in [2.05, 4.69) is 19.1 Å². The molecule has 1 atom stereocenters. The van der Waals surface area contributed by atoms with E-state index in [-0.39, 0.29) is 0 Å². The fourth-order valence-corrected chi connectivity index (χ4v) is 2.65. The zero-order chi connectivity index (χ0) is 12.8. The molecule has 1 aromatic carbocycles. The van der Waals surface area contributed by atoms with Crippen molar-refractivity contribution < 1.29 is 4.79 Å². The summed E-state index contributed by atoms with van der Waals surface area (Å²) in [5.41, 5.74) is 1.23. The molecule has 2 rings (SSSR count). The van der Waals surface area contributed by atoms with E-state index in [1.54, 1.807) is 0 Å². The first-order valence-corrected chi connectivity index (χ1v) is 7.11. The molecule has 1 fully saturated rings. The van der Waals surface area contributed by atoms with Crippen LogP contribution in [0, 0.1) is 5.92 Å². The standard InChI is InChI=1S/C16H23NO/c1-2-3-7-14-10-11-17(16(18)12-14)13-15-8-5-4-6-9-15/h4-6,8-9,14H,2-3,7,10-13H2,1H3. The second kappa shape index (κ2) is 6.58. The number of hydrogen-bond donors (Lipinski definition) is 0. The summed E-state index contributed by atoms with van der Waals surface area (Å²) in [6.45, 7) is 3.93. The average molecular weight is 245 g/mol. The van der Waals surface area contributed by atoms with Gasteiger partial charge in [0.1, 0.15) is 0 Å². The predicted molar refractivity (Wildman–Crippen MR) is 74.1 cm³/mol. The summed E-state index contributed by atoms with van der Waals surface area (Å²) in [7, 11) is 0. The van der Waals surface area contributed by atoms with Crippen LogP contribution in [0.3, 0.4) is 0 Å². The molecule has 1 aromatic rings. The van der Waals surface area contributed by atoms with Gasteiger partial charge in [-0.3, -0.25) is 4.79 Å². The molecule has 18 heavy (non-hydrogen) atoms. The van der Waals surface area contributed by atoms with Crippen LogP contribution in [-0.4, -0.2) is 17.4 Å². The fourth-order valence-electron chi connectivity index (χ4n) is 2.65. The molecule has 0 N–H and O–H groups in total. The van der Waals surface area contributed by atoms with E-state index in [0.717, 1.165) is 19.5 Å². The Morgan fingerprint density at radius 3 is 2.72 bits per heavy atom. The van der Waals surface area contributed by atoms with E-state index >= 15 is 0 Å². The van der Waals surface area contributed by atoms with Crippen LogP contribution < -0.4 is 0 Å². The van der Waals surface area contributed by atoms with Gasteiger partial charge >= 0.3 is 0 Å². The van der Waals surface area contributed by atoms with Crippen molar-refractivity contribution in [3.8, 4) is 0 Å². The van der Waals surface area contributed by atoms with E-state index in [1.165, 1.54) is 31.2 Å². The lowest BCUT2D eigenvalue weighted by atomic mass is 9.91. The molecule has 0 aromatic heterocycles. The van der Waals surface area contributed by atoms with E-state index in [4.69, 9.17) is 0 Å². The molecule has 98 valence electrons. The van der Waals surface area contributed by atoms with Crippen molar-refractivity contribution in [2.45, 2.75) is 45.6 Å².